The molecule has 1 fully saturated rings. The van der Waals surface area contributed by atoms with Crippen LogP contribution in [0.15, 0.2) is 42.5 Å². The monoisotopic (exact) mass is 496 g/mol. The zero-order valence-electron chi connectivity index (χ0n) is 21.3. The van der Waals surface area contributed by atoms with Crippen LogP contribution in [0, 0.1) is 6.92 Å². The van der Waals surface area contributed by atoms with Gasteiger partial charge < -0.3 is 14.4 Å². The molecule has 0 spiro atoms. The van der Waals surface area contributed by atoms with Gasteiger partial charge in [0.05, 0.1) is 5.69 Å². The van der Waals surface area contributed by atoms with Crippen LogP contribution in [0.3, 0.4) is 0 Å². The highest BCUT2D eigenvalue weighted by Crippen LogP contribution is 2.34. The molecular weight excluding hydrogens is 464 g/mol. The van der Waals surface area contributed by atoms with Gasteiger partial charge in [0.1, 0.15) is 5.82 Å². The van der Waals surface area contributed by atoms with Gasteiger partial charge in [-0.3, -0.25) is 4.90 Å². The first kappa shape index (κ1) is 22.5. The molecule has 1 aliphatic carbocycles. The molecule has 4 aromatic rings. The zero-order chi connectivity index (χ0) is 24.8. The highest BCUT2D eigenvalue weighted by Gasteiger charge is 2.27. The number of aryl methyl sites for hydroxylation is 2. The van der Waals surface area contributed by atoms with Crippen LogP contribution in [0.2, 0.25) is 0 Å². The van der Waals surface area contributed by atoms with Gasteiger partial charge in [-0.15, -0.1) is 5.10 Å². The number of hydrogen-bond acceptors (Lipinski definition) is 7. The average molecular weight is 497 g/mol. The SMILES string of the molecule is Cc1ccc(Cc2nc3nc4c(c(N5CCN(Cc6ccc7c(c6)OCO7)CC5)n3n2)CCCC4)cc1. The summed E-state index contributed by atoms with van der Waals surface area (Å²) >= 11 is 0. The van der Waals surface area contributed by atoms with E-state index in [0.29, 0.717) is 6.79 Å². The summed E-state index contributed by atoms with van der Waals surface area (Å²) < 4.78 is 13.1. The van der Waals surface area contributed by atoms with E-state index in [1.807, 2.05) is 10.6 Å². The molecule has 4 heterocycles. The van der Waals surface area contributed by atoms with Gasteiger partial charge in [-0.2, -0.15) is 9.50 Å². The van der Waals surface area contributed by atoms with Crippen molar-refractivity contribution in [3.8, 4) is 11.5 Å². The van der Waals surface area contributed by atoms with Crippen LogP contribution in [0.25, 0.3) is 5.78 Å². The summed E-state index contributed by atoms with van der Waals surface area (Å²) in [5, 5.41) is 5.00. The van der Waals surface area contributed by atoms with Crippen LogP contribution in [0.1, 0.15) is 46.6 Å². The quantitative estimate of drug-likeness (QED) is 0.414. The molecule has 0 atom stereocenters. The Morgan fingerprint density at radius 1 is 0.838 bits per heavy atom. The van der Waals surface area contributed by atoms with Crippen LogP contribution in [-0.2, 0) is 25.8 Å². The molecule has 7 rings (SSSR count). The molecule has 8 heteroatoms. The Bertz CT molecular complexity index is 1440. The number of aromatic nitrogens is 4. The first-order valence-electron chi connectivity index (χ1n) is 13.4. The molecule has 0 unspecified atom stereocenters. The summed E-state index contributed by atoms with van der Waals surface area (Å²) in [5.41, 5.74) is 6.34. The van der Waals surface area contributed by atoms with Crippen LogP contribution >= 0.6 is 0 Å². The molecule has 0 bridgehead atoms. The molecule has 2 aromatic heterocycles. The maximum absolute atomic E-state index is 5.57. The van der Waals surface area contributed by atoms with Crippen molar-refractivity contribution in [2.75, 3.05) is 37.9 Å². The first-order chi connectivity index (χ1) is 18.2. The van der Waals surface area contributed by atoms with E-state index in [1.165, 1.54) is 46.6 Å². The lowest BCUT2D eigenvalue weighted by Gasteiger charge is -2.37. The normalized spacial score (nSPS) is 17.4. The Labute approximate surface area is 216 Å². The Balaban J connectivity index is 1.14. The minimum atomic E-state index is 0.317. The number of fused-ring (bicyclic) bond motifs is 3. The fraction of sp³-hybridized carbons (Fsp3) is 0.414. The van der Waals surface area contributed by atoms with Crippen molar-refractivity contribution in [3.05, 3.63) is 76.2 Å². The number of anilines is 1. The molecular formula is C29H32N6O2. The topological polar surface area (TPSA) is 68.0 Å². The summed E-state index contributed by atoms with van der Waals surface area (Å²) in [6.07, 6.45) is 5.23. The number of rotatable bonds is 5. The van der Waals surface area contributed by atoms with E-state index in [1.54, 1.807) is 0 Å². The third kappa shape index (κ3) is 4.39. The van der Waals surface area contributed by atoms with Crippen molar-refractivity contribution in [1.82, 2.24) is 24.5 Å². The molecule has 2 aliphatic heterocycles. The molecule has 37 heavy (non-hydrogen) atoms. The minimum Gasteiger partial charge on any atom is -0.454 e. The van der Waals surface area contributed by atoms with E-state index in [2.05, 4.69) is 53.1 Å². The summed E-state index contributed by atoms with van der Waals surface area (Å²) in [4.78, 5) is 14.9. The number of piperazine rings is 1. The Hall–Kier alpha value is -3.65. The second-order valence-corrected chi connectivity index (χ2v) is 10.4. The Morgan fingerprint density at radius 2 is 1.62 bits per heavy atom. The fourth-order valence-electron chi connectivity index (χ4n) is 5.77. The molecule has 8 nitrogen and oxygen atoms in total. The van der Waals surface area contributed by atoms with Gasteiger partial charge in [0, 0.05) is 44.7 Å². The van der Waals surface area contributed by atoms with Crippen LogP contribution in [0.5, 0.6) is 11.5 Å². The number of hydrogen-bond donors (Lipinski definition) is 0. The molecule has 3 aliphatic rings. The molecule has 1 saturated heterocycles. The largest absolute Gasteiger partial charge is 0.454 e. The highest BCUT2D eigenvalue weighted by atomic mass is 16.7. The summed E-state index contributed by atoms with van der Waals surface area (Å²) in [5.74, 6) is 4.48. The van der Waals surface area contributed by atoms with Crippen molar-refractivity contribution in [3.63, 3.8) is 0 Å². The predicted octanol–water partition coefficient (Wildman–Crippen LogP) is 3.95. The van der Waals surface area contributed by atoms with E-state index >= 15 is 0 Å². The van der Waals surface area contributed by atoms with Crippen LogP contribution in [0.4, 0.5) is 5.82 Å². The molecule has 190 valence electrons. The van der Waals surface area contributed by atoms with E-state index in [9.17, 15) is 0 Å². The maximum Gasteiger partial charge on any atom is 0.254 e. The van der Waals surface area contributed by atoms with Crippen molar-refractivity contribution < 1.29 is 9.47 Å². The summed E-state index contributed by atoms with van der Waals surface area (Å²) in [6.45, 7) is 7.26. The van der Waals surface area contributed by atoms with E-state index in [-0.39, 0.29) is 0 Å². The number of benzene rings is 2. The maximum atomic E-state index is 5.57. The fourth-order valence-corrected chi connectivity index (χ4v) is 5.77. The third-order valence-electron chi connectivity index (χ3n) is 7.78. The third-order valence-corrected chi connectivity index (χ3v) is 7.78. The van der Waals surface area contributed by atoms with Crippen molar-refractivity contribution in [2.45, 2.75) is 45.6 Å². The van der Waals surface area contributed by atoms with E-state index in [4.69, 9.17) is 24.5 Å². The van der Waals surface area contributed by atoms with Crippen molar-refractivity contribution >= 4 is 11.6 Å². The molecule has 0 N–H and O–H groups in total. The van der Waals surface area contributed by atoms with E-state index < -0.39 is 0 Å². The van der Waals surface area contributed by atoms with Gasteiger partial charge in [0.2, 0.25) is 6.79 Å². The number of nitrogens with zero attached hydrogens (tertiary/aromatic N) is 6. The lowest BCUT2D eigenvalue weighted by Crippen LogP contribution is -2.47. The van der Waals surface area contributed by atoms with Gasteiger partial charge >= 0.3 is 0 Å². The van der Waals surface area contributed by atoms with Gasteiger partial charge in [0.25, 0.3) is 5.78 Å². The Kier molecular flexibility index (Phi) is 5.69. The standard InChI is InChI=1S/C29H32N6O2/c1-20-6-8-21(9-7-20)17-27-31-29-30-24-5-3-2-4-23(24)28(35(29)32-27)34-14-12-33(13-15-34)18-22-10-11-25-26(16-22)37-19-36-25/h6-11,16H,2-5,12-15,17-19H2,1H3. The van der Waals surface area contributed by atoms with Crippen molar-refractivity contribution in [1.29, 1.82) is 0 Å². The minimum absolute atomic E-state index is 0.317. The van der Waals surface area contributed by atoms with Gasteiger partial charge in [-0.25, -0.2) is 4.98 Å². The van der Waals surface area contributed by atoms with Gasteiger partial charge in [0.15, 0.2) is 17.3 Å². The highest BCUT2D eigenvalue weighted by molar-refractivity contribution is 5.56. The molecule has 0 radical (unpaired) electrons. The second kappa shape index (κ2) is 9.34. The lowest BCUT2D eigenvalue weighted by atomic mass is 9.96. The summed E-state index contributed by atoms with van der Waals surface area (Å²) in [7, 11) is 0. The van der Waals surface area contributed by atoms with E-state index in [0.717, 1.165) is 75.1 Å². The second-order valence-electron chi connectivity index (χ2n) is 10.4. The Morgan fingerprint density at radius 3 is 2.49 bits per heavy atom. The lowest BCUT2D eigenvalue weighted by molar-refractivity contribution is 0.174. The predicted molar refractivity (Wildman–Crippen MR) is 141 cm³/mol. The molecule has 2 aromatic carbocycles. The van der Waals surface area contributed by atoms with Gasteiger partial charge in [-0.1, -0.05) is 35.9 Å². The average Bonchev–Trinajstić information content (AvgIpc) is 3.55. The van der Waals surface area contributed by atoms with Crippen molar-refractivity contribution in [2.24, 2.45) is 0 Å². The summed E-state index contributed by atoms with van der Waals surface area (Å²) in [6, 6.07) is 14.9. The van der Waals surface area contributed by atoms with Crippen LogP contribution in [-0.4, -0.2) is 57.5 Å². The first-order valence-corrected chi connectivity index (χ1v) is 13.4. The van der Waals surface area contributed by atoms with Crippen LogP contribution < -0.4 is 14.4 Å². The number of ether oxygens (including phenoxy) is 2. The molecule has 0 saturated carbocycles. The smallest absolute Gasteiger partial charge is 0.254 e. The zero-order valence-corrected chi connectivity index (χ0v) is 21.3. The molecule has 0 amide bonds. The van der Waals surface area contributed by atoms with Gasteiger partial charge in [-0.05, 0) is 55.9 Å².